The Morgan fingerprint density at radius 1 is 1.25 bits per heavy atom. The summed E-state index contributed by atoms with van der Waals surface area (Å²) in [5.41, 5.74) is 0.173. The molecule has 2 amide bonds. The summed E-state index contributed by atoms with van der Waals surface area (Å²) in [6.07, 6.45) is -4.72. The largest absolute Gasteiger partial charge is 0.408 e. The topological polar surface area (TPSA) is 49.4 Å². The fourth-order valence-electron chi connectivity index (χ4n) is 2.88. The second kappa shape index (κ2) is 6.78. The van der Waals surface area contributed by atoms with Gasteiger partial charge in [-0.25, -0.2) is 4.39 Å². The molecule has 1 heterocycles. The molecule has 0 saturated carbocycles. The van der Waals surface area contributed by atoms with Crippen molar-refractivity contribution < 1.29 is 27.2 Å². The molecule has 1 saturated heterocycles. The number of carbonyl (C=O) groups is 2. The molecule has 0 radical (unpaired) electrons. The minimum atomic E-state index is -4.56. The molecule has 1 N–H and O–H groups in total. The van der Waals surface area contributed by atoms with E-state index < -0.39 is 30.0 Å². The lowest BCUT2D eigenvalue weighted by Gasteiger charge is -2.40. The van der Waals surface area contributed by atoms with Gasteiger partial charge in [0, 0.05) is 25.1 Å². The number of aryl methyl sites for hydroxylation is 1. The number of piperidine rings is 1. The number of nitrogens with one attached hydrogen (secondary N) is 1. The van der Waals surface area contributed by atoms with Crippen molar-refractivity contribution in [3.05, 3.63) is 35.1 Å². The van der Waals surface area contributed by atoms with Crippen LogP contribution in [0.3, 0.4) is 0 Å². The molecule has 0 aromatic heterocycles. The second-order valence-corrected chi connectivity index (χ2v) is 5.95. The number of benzene rings is 1. The van der Waals surface area contributed by atoms with Crippen molar-refractivity contribution >= 4 is 11.8 Å². The molecule has 0 aliphatic carbocycles. The summed E-state index contributed by atoms with van der Waals surface area (Å²) in [4.78, 5) is 24.4. The highest BCUT2D eigenvalue weighted by molar-refractivity contribution is 5.94. The number of likely N-dealkylation sites (tertiary alicyclic amines) is 1. The molecule has 1 aliphatic heterocycles. The number of nitrogens with zero attached hydrogens (tertiary/aromatic N) is 1. The van der Waals surface area contributed by atoms with Gasteiger partial charge in [-0.3, -0.25) is 9.59 Å². The predicted octanol–water partition coefficient (Wildman–Crippen LogP) is 2.81. The Bertz CT molecular complexity index is 645. The van der Waals surface area contributed by atoms with Gasteiger partial charge in [0.1, 0.15) is 11.9 Å². The lowest BCUT2D eigenvalue weighted by molar-refractivity contribution is -0.184. The zero-order valence-electron chi connectivity index (χ0n) is 13.3. The first-order valence-corrected chi connectivity index (χ1v) is 7.50. The first kappa shape index (κ1) is 18.2. The summed E-state index contributed by atoms with van der Waals surface area (Å²) in [6.45, 7) is 2.47. The molecular weight excluding hydrogens is 328 g/mol. The van der Waals surface area contributed by atoms with E-state index in [0.29, 0.717) is 0 Å². The van der Waals surface area contributed by atoms with Gasteiger partial charge in [-0.1, -0.05) is 0 Å². The molecule has 4 nitrogen and oxygen atoms in total. The van der Waals surface area contributed by atoms with E-state index in [1.165, 1.54) is 26.0 Å². The van der Waals surface area contributed by atoms with E-state index in [1.54, 1.807) is 0 Å². The maximum Gasteiger partial charge on any atom is 0.408 e. The van der Waals surface area contributed by atoms with Crippen LogP contribution < -0.4 is 5.32 Å². The van der Waals surface area contributed by atoms with Gasteiger partial charge in [0.25, 0.3) is 5.91 Å². The molecule has 2 rings (SSSR count). The summed E-state index contributed by atoms with van der Waals surface area (Å²) < 4.78 is 53.1. The van der Waals surface area contributed by atoms with Gasteiger partial charge in [-0.2, -0.15) is 13.2 Å². The van der Waals surface area contributed by atoms with Gasteiger partial charge in [-0.05, 0) is 43.5 Å². The number of hydrogen-bond acceptors (Lipinski definition) is 2. The fraction of sp³-hybridized carbons (Fsp3) is 0.500. The van der Waals surface area contributed by atoms with Crippen molar-refractivity contribution in [1.29, 1.82) is 0 Å². The number of hydrogen-bond donors (Lipinski definition) is 1. The van der Waals surface area contributed by atoms with Crippen LogP contribution in [0.1, 0.15) is 35.7 Å². The highest BCUT2D eigenvalue weighted by atomic mass is 19.4. The monoisotopic (exact) mass is 346 g/mol. The third-order valence-corrected chi connectivity index (χ3v) is 4.03. The normalized spacial score (nSPS) is 21.5. The Kier molecular flexibility index (Phi) is 5.15. The summed E-state index contributed by atoms with van der Waals surface area (Å²) in [7, 11) is 0. The van der Waals surface area contributed by atoms with Crippen molar-refractivity contribution in [2.75, 3.05) is 6.54 Å². The third kappa shape index (κ3) is 4.04. The van der Waals surface area contributed by atoms with Gasteiger partial charge in [-0.15, -0.1) is 0 Å². The minimum Gasteiger partial charge on any atom is -0.352 e. The molecule has 1 aromatic carbocycles. The Labute approximate surface area is 136 Å². The standard InChI is InChI=1S/C16H18F4N2O2/c1-9-7-11(3-5-13(9)17)15(24)22-8-12(21-10(2)23)4-6-14(22)16(18,19)20/h3,5,7,12,14H,4,6,8H2,1-2H3,(H,21,23)/t12-,14-/m1/s1. The van der Waals surface area contributed by atoms with Crippen molar-refractivity contribution in [1.82, 2.24) is 10.2 Å². The predicted molar refractivity (Wildman–Crippen MR) is 78.9 cm³/mol. The lowest BCUT2D eigenvalue weighted by atomic mass is 9.96. The molecule has 1 aliphatic rings. The maximum absolute atomic E-state index is 13.3. The highest BCUT2D eigenvalue weighted by Crippen LogP contribution is 2.33. The van der Waals surface area contributed by atoms with Gasteiger partial charge < -0.3 is 10.2 Å². The van der Waals surface area contributed by atoms with E-state index in [2.05, 4.69) is 5.32 Å². The van der Waals surface area contributed by atoms with Crippen molar-refractivity contribution in [3.63, 3.8) is 0 Å². The van der Waals surface area contributed by atoms with E-state index in [-0.39, 0.29) is 36.4 Å². The van der Waals surface area contributed by atoms with Gasteiger partial charge in [0.05, 0.1) is 0 Å². The number of rotatable bonds is 2. The van der Waals surface area contributed by atoms with Gasteiger partial charge in [0.2, 0.25) is 5.91 Å². The first-order chi connectivity index (χ1) is 11.1. The van der Waals surface area contributed by atoms with E-state index in [9.17, 15) is 27.2 Å². The molecule has 0 unspecified atom stereocenters. The molecule has 132 valence electrons. The summed E-state index contributed by atoms with van der Waals surface area (Å²) in [6, 6.07) is 1.00. The van der Waals surface area contributed by atoms with Crippen molar-refractivity contribution in [2.45, 2.75) is 44.9 Å². The average Bonchev–Trinajstić information content (AvgIpc) is 2.47. The first-order valence-electron chi connectivity index (χ1n) is 7.50. The Morgan fingerprint density at radius 2 is 1.92 bits per heavy atom. The molecule has 1 fully saturated rings. The van der Waals surface area contributed by atoms with Crippen LogP contribution in [0.4, 0.5) is 17.6 Å². The van der Waals surface area contributed by atoms with Crippen LogP contribution in [-0.4, -0.2) is 41.5 Å². The van der Waals surface area contributed by atoms with Crippen LogP contribution in [-0.2, 0) is 4.79 Å². The molecule has 24 heavy (non-hydrogen) atoms. The molecule has 2 atom stereocenters. The van der Waals surface area contributed by atoms with E-state index in [4.69, 9.17) is 0 Å². The summed E-state index contributed by atoms with van der Waals surface area (Å²) in [5.74, 6) is -1.72. The molecule has 0 bridgehead atoms. The van der Waals surface area contributed by atoms with Crippen LogP contribution in [0.15, 0.2) is 18.2 Å². The van der Waals surface area contributed by atoms with Crippen molar-refractivity contribution in [2.24, 2.45) is 0 Å². The minimum absolute atomic E-state index is 0.00775. The smallest absolute Gasteiger partial charge is 0.352 e. The summed E-state index contributed by atoms with van der Waals surface area (Å²) >= 11 is 0. The van der Waals surface area contributed by atoms with E-state index >= 15 is 0 Å². The maximum atomic E-state index is 13.3. The van der Waals surface area contributed by atoms with Crippen LogP contribution >= 0.6 is 0 Å². The Hall–Kier alpha value is -2.12. The SMILES string of the molecule is CC(=O)N[C@@H]1CC[C@H](C(F)(F)F)N(C(=O)c2ccc(F)c(C)c2)C1. The fourth-order valence-corrected chi connectivity index (χ4v) is 2.88. The number of amides is 2. The van der Waals surface area contributed by atoms with Crippen LogP contribution in [0.2, 0.25) is 0 Å². The average molecular weight is 346 g/mol. The second-order valence-electron chi connectivity index (χ2n) is 5.95. The van der Waals surface area contributed by atoms with Crippen LogP contribution in [0.25, 0.3) is 0 Å². The number of halogens is 4. The van der Waals surface area contributed by atoms with Crippen LogP contribution in [0, 0.1) is 12.7 Å². The Balaban J connectivity index is 2.29. The molecular formula is C16H18F4N2O2. The quantitative estimate of drug-likeness (QED) is 0.837. The zero-order chi connectivity index (χ0) is 18.1. The highest BCUT2D eigenvalue weighted by Gasteiger charge is 2.48. The third-order valence-electron chi connectivity index (χ3n) is 4.03. The summed E-state index contributed by atoms with van der Waals surface area (Å²) in [5, 5.41) is 2.55. The lowest BCUT2D eigenvalue weighted by Crippen LogP contribution is -2.58. The number of carbonyl (C=O) groups excluding carboxylic acids is 2. The van der Waals surface area contributed by atoms with E-state index in [0.717, 1.165) is 11.0 Å². The van der Waals surface area contributed by atoms with E-state index in [1.807, 2.05) is 0 Å². The number of alkyl halides is 3. The Morgan fingerprint density at radius 3 is 2.46 bits per heavy atom. The van der Waals surface area contributed by atoms with Crippen LogP contribution in [0.5, 0.6) is 0 Å². The van der Waals surface area contributed by atoms with Gasteiger partial charge >= 0.3 is 6.18 Å². The molecule has 0 spiro atoms. The van der Waals surface area contributed by atoms with Crippen molar-refractivity contribution in [3.8, 4) is 0 Å². The molecule has 8 heteroatoms. The van der Waals surface area contributed by atoms with Gasteiger partial charge in [0.15, 0.2) is 0 Å². The molecule has 1 aromatic rings. The zero-order valence-corrected chi connectivity index (χ0v) is 13.3.